The Morgan fingerprint density at radius 1 is 0.421 bits per heavy atom. The van der Waals surface area contributed by atoms with Crippen LogP contribution in [-0.2, 0) is 29.0 Å². The van der Waals surface area contributed by atoms with Gasteiger partial charge in [-0.1, -0.05) is 70.1 Å². The zero-order valence-electron chi connectivity index (χ0n) is 66.0. The van der Waals surface area contributed by atoms with Crippen molar-refractivity contribution >= 4 is 104 Å². The van der Waals surface area contributed by atoms with Gasteiger partial charge in [0.25, 0.3) is 22.9 Å². The van der Waals surface area contributed by atoms with E-state index in [1.165, 1.54) is 145 Å². The van der Waals surface area contributed by atoms with Gasteiger partial charge in [0.05, 0.1) is 46.6 Å². The molecule has 7 N–H and O–H groups in total. The number of aromatic amines is 1. The Balaban J connectivity index is 0.000000149. The third-order valence-corrected chi connectivity index (χ3v) is 27.1. The number of ether oxygens (including phenoxy) is 7. The second kappa shape index (κ2) is 40.0. The summed E-state index contributed by atoms with van der Waals surface area (Å²) in [4.78, 5) is 98.0. The molecule has 0 aromatic carbocycles. The number of rotatable bonds is 22. The van der Waals surface area contributed by atoms with Gasteiger partial charge in [0.2, 0.25) is 56.9 Å². The van der Waals surface area contributed by atoms with E-state index >= 15 is 0 Å². The Kier molecular flexibility index (Phi) is 31.9. The number of nitrogens with zero attached hydrogens (tertiary/aromatic N) is 9. The molecule has 0 saturated heterocycles. The summed E-state index contributed by atoms with van der Waals surface area (Å²) < 4.78 is 59.8. The number of aliphatic hydroxyl groups excluding tert-OH is 1. The van der Waals surface area contributed by atoms with Gasteiger partial charge in [-0.25, -0.2) is 28.2 Å². The largest absolute Gasteiger partial charge is 1.00 e. The summed E-state index contributed by atoms with van der Waals surface area (Å²) in [5.41, 5.74) is -0.599. The molecule has 5 heterocycles. The van der Waals surface area contributed by atoms with Crippen LogP contribution in [0.1, 0.15) is 154 Å². The van der Waals surface area contributed by atoms with E-state index < -0.39 is 20.7 Å². The Morgan fingerprint density at radius 3 is 1.01 bits per heavy atom. The standard InChI is InChI=1S/C18H25N3O5S.C18H25N3O3S.C17H23N3O4.C12H19NO2.C6H7ClN2OS.C5H4Cl2N2S.Na.H2O/c1-25-15-6-16(20-17(19-15)27(2,23)24)26-10-14(22)21-18-7-11-3-12(8-18)5-13(4-11)9-18;1-23-15-6-16(20-17(19-15)25-2)24-10-14(22)21-18-7-11-3-12(8-18)5-13(4-11)9-18;1-23-14-5-15(19-16(22)18-14)24-9-13(21)20-17-6-10-2-11(7-17)4-12(3-10)8-17;14-7-11(15)13-12-4-8-1-9(5-12)3-10(2-8)6-12;1-10-5-3-4(7)8-6(9-5)11-2;1-10-5-8-3(6)2-4(7)9-5;;/h6,11-13H,3-5,7-10H2,1-2H3,(H,21,22);6,11-13H,3-5,7-10H2,1-2H3,(H,21,22);5,10-12H,2-4,6-9H2,1H3,(H,20,21)(H,18,19,22);8-10,14H,1-7H2,(H,13,15);3H,1-2H3;2H,1H3;;1H2/q;;;;;;+1;/p-1. The number of carbonyl (C=O) groups excluding carboxylic acids is 4. The number of aliphatic hydroxyl groups is 1. The van der Waals surface area contributed by atoms with Crippen molar-refractivity contribution in [2.45, 2.75) is 197 Å². The predicted octanol–water partition coefficient (Wildman–Crippen LogP) is 7.52. The zero-order chi connectivity index (χ0) is 79.7. The van der Waals surface area contributed by atoms with Gasteiger partial charge in [0.1, 0.15) is 22.1 Å². The topological polar surface area (TPSA) is 414 Å². The summed E-state index contributed by atoms with van der Waals surface area (Å²) in [5, 5.41) is 24.2. The normalized spacial score (nSPS) is 29.6. The minimum atomic E-state index is -3.62. The van der Waals surface area contributed by atoms with Crippen LogP contribution in [0.2, 0.25) is 15.5 Å². The number of methoxy groups -OCH3 is 4. The van der Waals surface area contributed by atoms with E-state index in [1.54, 1.807) is 26.4 Å². The molecule has 30 nitrogen and oxygen atoms in total. The van der Waals surface area contributed by atoms with Crippen molar-refractivity contribution in [2.24, 2.45) is 71.0 Å². The van der Waals surface area contributed by atoms with Crippen LogP contribution in [0.3, 0.4) is 0 Å². The van der Waals surface area contributed by atoms with E-state index in [4.69, 9.17) is 73.1 Å². The third-order valence-electron chi connectivity index (χ3n) is 24.0. The van der Waals surface area contributed by atoms with E-state index in [2.05, 4.69) is 71.1 Å². The molecule has 5 aromatic rings. The number of hydrogen-bond donors (Lipinski definition) is 6. The molecule has 5 aromatic heterocycles. The number of thioether (sulfide) groups is 3. The molecule has 0 spiro atoms. The van der Waals surface area contributed by atoms with Crippen molar-refractivity contribution in [3.63, 3.8) is 0 Å². The molecule has 16 bridgehead atoms. The quantitative estimate of drug-likeness (QED) is 0.0169. The molecule has 0 aliphatic heterocycles. The van der Waals surface area contributed by atoms with Crippen LogP contribution in [0.5, 0.6) is 41.2 Å². The van der Waals surface area contributed by atoms with Crippen LogP contribution in [0.4, 0.5) is 0 Å². The number of sulfone groups is 1. The first-order valence-corrected chi connectivity index (χ1v) is 45.1. The second-order valence-corrected chi connectivity index (χ2v) is 38.3. The summed E-state index contributed by atoms with van der Waals surface area (Å²) in [6, 6.07) is 7.51. The third kappa shape index (κ3) is 24.6. The average molecular weight is 1730 g/mol. The summed E-state index contributed by atoms with van der Waals surface area (Å²) in [6.45, 7) is -0.715. The molecular formula is C76H104Cl3N14NaO16S4. The SMILES string of the molecule is COc1cc(Cl)nc(SC)n1.COc1cc(OCC(=O)NC23CC4CC(CC(C4)C2)C3)[nH]c(=O)n1.COc1cc(OCC(=O)NC23CC4CC(CC(C4)C2)C3)nc(S(C)(=O)=O)n1.COc1cc(OCC(=O)NC23CC4CC(CC(C4)C2)C3)nc(SC)n1.CSc1nc(Cl)cc(Cl)n1.O=C(CO)NC12CC3CC(CC(C3)C1)C2.[Na+].[OH-]. The first-order valence-electron chi connectivity index (χ1n) is 38.4. The monoisotopic (exact) mass is 1720 g/mol. The fraction of sp³-hybridized carbons (Fsp3) is 0.684. The molecule has 620 valence electrons. The number of amides is 4. The molecule has 16 aliphatic rings. The maximum atomic E-state index is 12.5. The second-order valence-electron chi connectivity index (χ2n) is 32.9. The van der Waals surface area contributed by atoms with E-state index in [0.717, 1.165) is 154 Å². The smallest absolute Gasteiger partial charge is 0.870 e. The number of hydrogen-bond acceptors (Lipinski definition) is 28. The van der Waals surface area contributed by atoms with Crippen molar-refractivity contribution in [3.8, 4) is 41.2 Å². The van der Waals surface area contributed by atoms with Gasteiger partial charge in [-0.15, -0.1) is 0 Å². The Labute approximate surface area is 715 Å². The van der Waals surface area contributed by atoms with Crippen molar-refractivity contribution < 1.29 is 101 Å². The first-order chi connectivity index (χ1) is 53.5. The molecular weight excluding hydrogens is 1620 g/mol. The van der Waals surface area contributed by atoms with Gasteiger partial charge in [-0.05, 0) is 244 Å². The first kappa shape index (κ1) is 90.8. The van der Waals surface area contributed by atoms with Crippen LogP contribution in [0.15, 0.2) is 55.8 Å². The van der Waals surface area contributed by atoms with Gasteiger partial charge < -0.3 is 65.0 Å². The summed E-state index contributed by atoms with van der Waals surface area (Å²) in [6.07, 6.45) is 36.2. The van der Waals surface area contributed by atoms with Gasteiger partial charge in [-0.3, -0.25) is 24.2 Å². The van der Waals surface area contributed by atoms with Crippen LogP contribution >= 0.6 is 70.1 Å². The molecule has 4 amide bonds. The number of H-pyrrole nitrogens is 1. The van der Waals surface area contributed by atoms with E-state index in [-0.39, 0.29) is 131 Å². The number of carbonyl (C=O) groups is 4. The van der Waals surface area contributed by atoms with Crippen LogP contribution in [0.25, 0.3) is 0 Å². The maximum Gasteiger partial charge on any atom is 1.00 e. The van der Waals surface area contributed by atoms with Gasteiger partial charge in [0.15, 0.2) is 35.3 Å². The molecule has 16 saturated carbocycles. The Bertz CT molecular complexity index is 4150. The van der Waals surface area contributed by atoms with E-state index in [1.807, 2.05) is 18.8 Å². The molecule has 0 unspecified atom stereocenters. The summed E-state index contributed by atoms with van der Waals surface area (Å²) in [7, 11) is 2.28. The van der Waals surface area contributed by atoms with Crippen LogP contribution < -0.4 is 89.7 Å². The number of halogens is 3. The predicted molar refractivity (Wildman–Crippen MR) is 424 cm³/mol. The Hall–Kier alpha value is -5.53. The van der Waals surface area contributed by atoms with E-state index in [9.17, 15) is 32.4 Å². The van der Waals surface area contributed by atoms with Gasteiger partial charge in [0, 0.05) is 40.5 Å². The summed E-state index contributed by atoms with van der Waals surface area (Å²) >= 11 is 21.1. The van der Waals surface area contributed by atoms with Crippen molar-refractivity contribution in [3.05, 3.63) is 56.3 Å². The van der Waals surface area contributed by atoms with Gasteiger partial charge in [-0.2, -0.15) is 29.9 Å². The van der Waals surface area contributed by atoms with E-state index in [0.29, 0.717) is 48.6 Å². The fourth-order valence-corrected chi connectivity index (χ4v) is 24.2. The van der Waals surface area contributed by atoms with Crippen LogP contribution in [0, 0.1) is 71.0 Å². The minimum absolute atomic E-state index is 0. The molecule has 16 fully saturated rings. The molecule has 0 radical (unpaired) electrons. The zero-order valence-corrected chi connectivity index (χ0v) is 73.5. The van der Waals surface area contributed by atoms with Crippen LogP contribution in [-0.4, -0.2) is 195 Å². The molecule has 0 atom stereocenters. The average Bonchev–Trinajstić information content (AvgIpc) is 0.766. The minimum Gasteiger partial charge on any atom is -0.870 e. The van der Waals surface area contributed by atoms with Gasteiger partial charge >= 0.3 is 35.2 Å². The maximum absolute atomic E-state index is 12.5. The Morgan fingerprint density at radius 2 is 0.684 bits per heavy atom. The molecule has 38 heteroatoms. The number of aromatic nitrogens is 10. The van der Waals surface area contributed by atoms with Crippen molar-refractivity contribution in [1.29, 1.82) is 0 Å². The van der Waals surface area contributed by atoms with Crippen molar-refractivity contribution in [1.82, 2.24) is 71.1 Å². The fourth-order valence-electron chi connectivity index (χ4n) is 21.8. The summed E-state index contributed by atoms with van der Waals surface area (Å²) in [5.74, 6) is 10.7. The molecule has 114 heavy (non-hydrogen) atoms. The number of nitrogens with one attached hydrogen (secondary N) is 5. The molecule has 21 rings (SSSR count). The molecule has 16 aliphatic carbocycles. The van der Waals surface area contributed by atoms with Crippen molar-refractivity contribution in [2.75, 3.05) is 79.9 Å².